The number of amides is 1. The Kier molecular flexibility index (Phi) is 4.25. The van der Waals surface area contributed by atoms with Crippen LogP contribution in [-0.2, 0) is 16.0 Å². The summed E-state index contributed by atoms with van der Waals surface area (Å²) in [6.45, 7) is 3.63. The highest BCUT2D eigenvalue weighted by molar-refractivity contribution is 5.84. The second-order valence-corrected chi connectivity index (χ2v) is 5.79. The van der Waals surface area contributed by atoms with Crippen molar-refractivity contribution < 1.29 is 9.53 Å². The Morgan fingerprint density at radius 3 is 3.10 bits per heavy atom. The summed E-state index contributed by atoms with van der Waals surface area (Å²) < 4.78 is 5.51. The Morgan fingerprint density at radius 2 is 2.29 bits per heavy atom. The lowest BCUT2D eigenvalue weighted by Gasteiger charge is -2.14. The van der Waals surface area contributed by atoms with Gasteiger partial charge in [-0.25, -0.2) is 0 Å². The number of nitrogens with one attached hydrogen (secondary N) is 2. The Balaban J connectivity index is 1.49. The van der Waals surface area contributed by atoms with Crippen LogP contribution in [0.3, 0.4) is 0 Å². The predicted molar refractivity (Wildman–Crippen MR) is 83.2 cm³/mol. The lowest BCUT2D eigenvalue weighted by atomic mass is 10.0. The van der Waals surface area contributed by atoms with Crippen LogP contribution >= 0.6 is 0 Å². The molecule has 2 heterocycles. The van der Waals surface area contributed by atoms with Gasteiger partial charge >= 0.3 is 0 Å². The molecule has 0 spiro atoms. The fourth-order valence-corrected chi connectivity index (χ4v) is 2.96. The van der Waals surface area contributed by atoms with Crippen LogP contribution in [0.1, 0.15) is 25.3 Å². The number of aromatic amines is 1. The second kappa shape index (κ2) is 6.31. The number of fused-ring (bicyclic) bond motifs is 1. The molecule has 2 unspecified atom stereocenters. The molecule has 2 atom stereocenters. The normalized spacial score (nSPS) is 21.8. The van der Waals surface area contributed by atoms with Crippen LogP contribution in [0.25, 0.3) is 10.9 Å². The smallest absolute Gasteiger partial charge is 0.220 e. The van der Waals surface area contributed by atoms with Crippen LogP contribution in [0.15, 0.2) is 30.5 Å². The van der Waals surface area contributed by atoms with Crippen LogP contribution in [0.4, 0.5) is 0 Å². The van der Waals surface area contributed by atoms with Gasteiger partial charge in [0.15, 0.2) is 0 Å². The van der Waals surface area contributed by atoms with Gasteiger partial charge in [-0.3, -0.25) is 4.79 Å². The first-order valence-corrected chi connectivity index (χ1v) is 7.67. The highest BCUT2D eigenvalue weighted by atomic mass is 16.5. The third kappa shape index (κ3) is 3.27. The quantitative estimate of drug-likeness (QED) is 0.888. The summed E-state index contributed by atoms with van der Waals surface area (Å²) in [5.74, 6) is 0.585. The molecule has 112 valence electrons. The summed E-state index contributed by atoms with van der Waals surface area (Å²) in [5.41, 5.74) is 2.34. The van der Waals surface area contributed by atoms with E-state index in [2.05, 4.69) is 29.4 Å². The number of rotatable bonds is 5. The SMILES string of the molecule is CC1OCCC1CNC(=O)CCc1c[nH]c2ccccc12. The number of H-pyrrole nitrogens is 1. The molecule has 1 amide bonds. The topological polar surface area (TPSA) is 54.1 Å². The van der Waals surface area contributed by atoms with Gasteiger partial charge in [0.1, 0.15) is 0 Å². The van der Waals surface area contributed by atoms with Crippen molar-refractivity contribution in [2.75, 3.05) is 13.2 Å². The van der Waals surface area contributed by atoms with Gasteiger partial charge in [0.25, 0.3) is 0 Å². The Labute approximate surface area is 124 Å². The van der Waals surface area contributed by atoms with Crippen molar-refractivity contribution in [2.24, 2.45) is 5.92 Å². The Bertz CT molecular complexity index is 620. The van der Waals surface area contributed by atoms with Gasteiger partial charge < -0.3 is 15.0 Å². The maximum absolute atomic E-state index is 12.0. The molecule has 21 heavy (non-hydrogen) atoms. The van der Waals surface area contributed by atoms with Crippen molar-refractivity contribution in [1.82, 2.24) is 10.3 Å². The van der Waals surface area contributed by atoms with E-state index >= 15 is 0 Å². The predicted octanol–water partition coefficient (Wildman–Crippen LogP) is 2.64. The minimum atomic E-state index is 0.124. The molecule has 3 rings (SSSR count). The van der Waals surface area contributed by atoms with Gasteiger partial charge in [0.05, 0.1) is 6.10 Å². The number of hydrogen-bond donors (Lipinski definition) is 2. The standard InChI is InChI=1S/C17H22N2O2/c1-12-13(8-9-21-12)10-19-17(20)7-6-14-11-18-16-5-3-2-4-15(14)16/h2-5,11-13,18H,6-10H2,1H3,(H,19,20). The number of ether oxygens (including phenoxy) is 1. The Morgan fingerprint density at radius 1 is 1.43 bits per heavy atom. The lowest BCUT2D eigenvalue weighted by Crippen LogP contribution is -2.32. The summed E-state index contributed by atoms with van der Waals surface area (Å²) in [5, 5.41) is 4.25. The average Bonchev–Trinajstić information content (AvgIpc) is 3.09. The molecule has 1 aliphatic rings. The van der Waals surface area contributed by atoms with E-state index in [1.165, 1.54) is 10.9 Å². The van der Waals surface area contributed by atoms with Crippen LogP contribution in [0.2, 0.25) is 0 Å². The third-order valence-electron chi connectivity index (χ3n) is 4.39. The van der Waals surface area contributed by atoms with E-state index in [-0.39, 0.29) is 12.0 Å². The summed E-state index contributed by atoms with van der Waals surface area (Å²) in [7, 11) is 0. The molecule has 1 fully saturated rings. The fourth-order valence-electron chi connectivity index (χ4n) is 2.96. The van der Waals surface area contributed by atoms with E-state index in [9.17, 15) is 4.79 Å². The van der Waals surface area contributed by atoms with Gasteiger partial charge in [0, 0.05) is 42.6 Å². The molecular weight excluding hydrogens is 264 g/mol. The van der Waals surface area contributed by atoms with Crippen LogP contribution in [0, 0.1) is 5.92 Å². The molecular formula is C17H22N2O2. The number of carbonyl (C=O) groups excluding carboxylic acids is 1. The molecule has 0 radical (unpaired) electrons. The van der Waals surface area contributed by atoms with Crippen molar-refractivity contribution in [3.05, 3.63) is 36.0 Å². The third-order valence-corrected chi connectivity index (χ3v) is 4.39. The Hall–Kier alpha value is -1.81. The summed E-state index contributed by atoms with van der Waals surface area (Å²) in [6, 6.07) is 8.19. The van der Waals surface area contributed by atoms with E-state index in [4.69, 9.17) is 4.74 Å². The minimum Gasteiger partial charge on any atom is -0.378 e. The van der Waals surface area contributed by atoms with Crippen LogP contribution < -0.4 is 5.32 Å². The summed E-state index contributed by atoms with van der Waals surface area (Å²) in [4.78, 5) is 15.2. The first-order valence-electron chi connectivity index (χ1n) is 7.67. The molecule has 0 aliphatic carbocycles. The number of benzene rings is 1. The van der Waals surface area contributed by atoms with E-state index in [0.717, 1.165) is 31.5 Å². The molecule has 1 aromatic heterocycles. The number of carbonyl (C=O) groups is 1. The van der Waals surface area contributed by atoms with Crippen molar-refractivity contribution in [1.29, 1.82) is 0 Å². The number of aromatic nitrogens is 1. The molecule has 2 aromatic rings. The van der Waals surface area contributed by atoms with Gasteiger partial charge in [-0.15, -0.1) is 0 Å². The van der Waals surface area contributed by atoms with E-state index in [0.29, 0.717) is 12.3 Å². The zero-order chi connectivity index (χ0) is 14.7. The monoisotopic (exact) mass is 286 g/mol. The first-order chi connectivity index (χ1) is 10.2. The molecule has 2 N–H and O–H groups in total. The van der Waals surface area contributed by atoms with Crippen LogP contribution in [0.5, 0.6) is 0 Å². The van der Waals surface area contributed by atoms with Crippen molar-refractivity contribution in [2.45, 2.75) is 32.3 Å². The fraction of sp³-hybridized carbons (Fsp3) is 0.471. The van der Waals surface area contributed by atoms with Gasteiger partial charge in [-0.2, -0.15) is 0 Å². The largest absolute Gasteiger partial charge is 0.378 e. The van der Waals surface area contributed by atoms with Crippen molar-refractivity contribution in [3.63, 3.8) is 0 Å². The zero-order valence-corrected chi connectivity index (χ0v) is 12.4. The highest BCUT2D eigenvalue weighted by Gasteiger charge is 2.24. The van der Waals surface area contributed by atoms with Crippen LogP contribution in [-0.4, -0.2) is 30.1 Å². The van der Waals surface area contributed by atoms with Crippen molar-refractivity contribution >= 4 is 16.8 Å². The zero-order valence-electron chi connectivity index (χ0n) is 12.4. The molecule has 1 aliphatic heterocycles. The highest BCUT2D eigenvalue weighted by Crippen LogP contribution is 2.20. The number of hydrogen-bond acceptors (Lipinski definition) is 2. The maximum Gasteiger partial charge on any atom is 0.220 e. The molecule has 4 nitrogen and oxygen atoms in total. The molecule has 0 saturated carbocycles. The van der Waals surface area contributed by atoms with Crippen molar-refractivity contribution in [3.8, 4) is 0 Å². The van der Waals surface area contributed by atoms with Gasteiger partial charge in [-0.05, 0) is 31.4 Å². The van der Waals surface area contributed by atoms with Gasteiger partial charge in [0.2, 0.25) is 5.91 Å². The van der Waals surface area contributed by atoms with E-state index < -0.39 is 0 Å². The minimum absolute atomic E-state index is 0.124. The molecule has 1 saturated heterocycles. The first kappa shape index (κ1) is 14.1. The number of aryl methyl sites for hydroxylation is 1. The second-order valence-electron chi connectivity index (χ2n) is 5.79. The lowest BCUT2D eigenvalue weighted by molar-refractivity contribution is -0.121. The average molecular weight is 286 g/mol. The van der Waals surface area contributed by atoms with E-state index in [1.54, 1.807) is 0 Å². The molecule has 0 bridgehead atoms. The molecule has 1 aromatic carbocycles. The maximum atomic E-state index is 12.0. The number of para-hydroxylation sites is 1. The summed E-state index contributed by atoms with van der Waals surface area (Å²) in [6.07, 6.45) is 4.62. The summed E-state index contributed by atoms with van der Waals surface area (Å²) >= 11 is 0. The van der Waals surface area contributed by atoms with E-state index in [1.807, 2.05) is 18.3 Å². The molecule has 4 heteroatoms. The van der Waals surface area contributed by atoms with Gasteiger partial charge in [-0.1, -0.05) is 18.2 Å².